The molecular weight excluding hydrogens is 244 g/mol. The first kappa shape index (κ1) is 13.3. The SMILES string of the molecule is CCN(c1ccc(C(=O)O)cc1N)S(C)(=O)=O. The van der Waals surface area contributed by atoms with Crippen molar-refractivity contribution in [3.63, 3.8) is 0 Å². The Hall–Kier alpha value is -1.76. The molecule has 0 atom stereocenters. The minimum Gasteiger partial charge on any atom is -0.478 e. The van der Waals surface area contributed by atoms with Crippen molar-refractivity contribution in [1.82, 2.24) is 0 Å². The third-order valence-electron chi connectivity index (χ3n) is 2.23. The lowest BCUT2D eigenvalue weighted by Gasteiger charge is -2.22. The maximum Gasteiger partial charge on any atom is 0.335 e. The Morgan fingerprint density at radius 2 is 2.06 bits per heavy atom. The summed E-state index contributed by atoms with van der Waals surface area (Å²) in [5.41, 5.74) is 6.10. The predicted octanol–water partition coefficient (Wildman–Crippen LogP) is 0.753. The fraction of sp³-hybridized carbons (Fsp3) is 0.300. The van der Waals surface area contributed by atoms with E-state index in [1.54, 1.807) is 6.92 Å². The standard InChI is InChI=1S/C10H14N2O4S/c1-3-12(17(2,15)16)9-5-4-7(10(13)14)6-8(9)11/h4-6H,3,11H2,1-2H3,(H,13,14). The van der Waals surface area contributed by atoms with Crippen molar-refractivity contribution in [2.24, 2.45) is 0 Å². The highest BCUT2D eigenvalue weighted by Gasteiger charge is 2.18. The zero-order chi connectivity index (χ0) is 13.2. The van der Waals surface area contributed by atoms with Gasteiger partial charge in [0.15, 0.2) is 0 Å². The van der Waals surface area contributed by atoms with Crippen LogP contribution in [0.3, 0.4) is 0 Å². The monoisotopic (exact) mass is 258 g/mol. The molecule has 0 unspecified atom stereocenters. The first-order valence-corrected chi connectivity index (χ1v) is 6.72. The fourth-order valence-corrected chi connectivity index (χ4v) is 2.49. The van der Waals surface area contributed by atoms with E-state index >= 15 is 0 Å². The molecule has 0 bridgehead atoms. The van der Waals surface area contributed by atoms with Gasteiger partial charge >= 0.3 is 5.97 Å². The van der Waals surface area contributed by atoms with Crippen LogP contribution in [0.1, 0.15) is 17.3 Å². The minimum atomic E-state index is -3.42. The predicted molar refractivity (Wildman–Crippen MR) is 65.7 cm³/mol. The molecule has 0 heterocycles. The van der Waals surface area contributed by atoms with Gasteiger partial charge < -0.3 is 10.8 Å². The van der Waals surface area contributed by atoms with Gasteiger partial charge in [0, 0.05) is 6.54 Å². The van der Waals surface area contributed by atoms with Crippen molar-refractivity contribution in [2.75, 3.05) is 22.8 Å². The van der Waals surface area contributed by atoms with Crippen LogP contribution in [0.4, 0.5) is 11.4 Å². The summed E-state index contributed by atoms with van der Waals surface area (Å²) in [6, 6.07) is 3.96. The summed E-state index contributed by atoms with van der Waals surface area (Å²) < 4.78 is 24.1. The molecule has 1 rings (SSSR count). The van der Waals surface area contributed by atoms with Crippen molar-refractivity contribution in [2.45, 2.75) is 6.92 Å². The average Bonchev–Trinajstić information content (AvgIpc) is 2.19. The number of nitrogen functional groups attached to an aromatic ring is 1. The van der Waals surface area contributed by atoms with E-state index in [4.69, 9.17) is 10.8 Å². The van der Waals surface area contributed by atoms with E-state index in [1.165, 1.54) is 18.2 Å². The van der Waals surface area contributed by atoms with Crippen molar-refractivity contribution in [3.05, 3.63) is 23.8 Å². The maximum atomic E-state index is 11.5. The molecule has 3 N–H and O–H groups in total. The fourth-order valence-electron chi connectivity index (χ4n) is 1.50. The molecule has 7 heteroatoms. The summed E-state index contributed by atoms with van der Waals surface area (Å²) in [7, 11) is -3.42. The Kier molecular flexibility index (Phi) is 3.62. The minimum absolute atomic E-state index is 0.0239. The van der Waals surface area contributed by atoms with E-state index < -0.39 is 16.0 Å². The van der Waals surface area contributed by atoms with Crippen molar-refractivity contribution in [1.29, 1.82) is 0 Å². The summed E-state index contributed by atoms with van der Waals surface area (Å²) in [5.74, 6) is -1.11. The Morgan fingerprint density at radius 3 is 2.41 bits per heavy atom. The molecule has 0 aromatic heterocycles. The molecule has 0 saturated heterocycles. The molecule has 94 valence electrons. The lowest BCUT2D eigenvalue weighted by atomic mass is 10.2. The molecule has 0 fully saturated rings. The molecule has 0 aliphatic rings. The number of benzene rings is 1. The zero-order valence-corrected chi connectivity index (χ0v) is 10.4. The van der Waals surface area contributed by atoms with Gasteiger partial charge in [0.2, 0.25) is 10.0 Å². The first-order chi connectivity index (χ1) is 7.77. The summed E-state index contributed by atoms with van der Waals surface area (Å²) in [6.45, 7) is 1.90. The van der Waals surface area contributed by atoms with E-state index in [-0.39, 0.29) is 17.8 Å². The van der Waals surface area contributed by atoms with Gasteiger partial charge in [0.05, 0.1) is 23.2 Å². The van der Waals surface area contributed by atoms with Gasteiger partial charge in [-0.15, -0.1) is 0 Å². The van der Waals surface area contributed by atoms with E-state index in [0.717, 1.165) is 10.6 Å². The maximum absolute atomic E-state index is 11.5. The van der Waals surface area contributed by atoms with Crippen molar-refractivity contribution >= 4 is 27.4 Å². The smallest absolute Gasteiger partial charge is 0.335 e. The highest BCUT2D eigenvalue weighted by atomic mass is 32.2. The number of carbonyl (C=O) groups is 1. The van der Waals surface area contributed by atoms with Crippen LogP contribution >= 0.6 is 0 Å². The topological polar surface area (TPSA) is 101 Å². The van der Waals surface area contributed by atoms with Gasteiger partial charge in [-0.25, -0.2) is 13.2 Å². The Balaban J connectivity index is 3.28. The van der Waals surface area contributed by atoms with Gasteiger partial charge in [0.1, 0.15) is 0 Å². The number of aromatic carboxylic acids is 1. The molecule has 0 radical (unpaired) electrons. The van der Waals surface area contributed by atoms with Crippen molar-refractivity contribution < 1.29 is 18.3 Å². The number of carboxylic acids is 1. The highest BCUT2D eigenvalue weighted by Crippen LogP contribution is 2.26. The van der Waals surface area contributed by atoms with Crippen LogP contribution in [0.5, 0.6) is 0 Å². The number of rotatable bonds is 4. The summed E-state index contributed by atoms with van der Waals surface area (Å²) in [4.78, 5) is 10.7. The number of carboxylic acid groups (broad SMARTS) is 1. The van der Waals surface area contributed by atoms with Crippen LogP contribution in [0, 0.1) is 0 Å². The normalized spacial score (nSPS) is 11.2. The largest absolute Gasteiger partial charge is 0.478 e. The van der Waals surface area contributed by atoms with Crippen LogP contribution in [0.25, 0.3) is 0 Å². The van der Waals surface area contributed by atoms with Gasteiger partial charge in [0.25, 0.3) is 0 Å². The lowest BCUT2D eigenvalue weighted by molar-refractivity contribution is 0.0697. The number of hydrogen-bond acceptors (Lipinski definition) is 4. The van der Waals surface area contributed by atoms with E-state index in [2.05, 4.69) is 0 Å². The second kappa shape index (κ2) is 4.62. The highest BCUT2D eigenvalue weighted by molar-refractivity contribution is 7.92. The first-order valence-electron chi connectivity index (χ1n) is 4.88. The molecule has 6 nitrogen and oxygen atoms in total. The second-order valence-electron chi connectivity index (χ2n) is 3.51. The average molecular weight is 258 g/mol. The lowest BCUT2D eigenvalue weighted by Crippen LogP contribution is -2.30. The van der Waals surface area contributed by atoms with Gasteiger partial charge in [-0.1, -0.05) is 0 Å². The molecule has 1 aromatic rings. The molecule has 17 heavy (non-hydrogen) atoms. The Bertz CT molecular complexity index is 539. The van der Waals surface area contributed by atoms with Crippen LogP contribution in [-0.4, -0.2) is 32.3 Å². The summed E-state index contributed by atoms with van der Waals surface area (Å²) in [6.07, 6.45) is 1.07. The summed E-state index contributed by atoms with van der Waals surface area (Å²) in [5, 5.41) is 8.77. The molecule has 0 spiro atoms. The summed E-state index contributed by atoms with van der Waals surface area (Å²) >= 11 is 0. The van der Waals surface area contributed by atoms with Crippen LogP contribution in [-0.2, 0) is 10.0 Å². The van der Waals surface area contributed by atoms with Gasteiger partial charge in [-0.3, -0.25) is 4.31 Å². The van der Waals surface area contributed by atoms with Gasteiger partial charge in [-0.2, -0.15) is 0 Å². The second-order valence-corrected chi connectivity index (χ2v) is 5.41. The Morgan fingerprint density at radius 1 is 1.47 bits per heavy atom. The zero-order valence-electron chi connectivity index (χ0n) is 9.54. The molecule has 0 saturated carbocycles. The number of anilines is 2. The van der Waals surface area contributed by atoms with Crippen LogP contribution in [0.15, 0.2) is 18.2 Å². The van der Waals surface area contributed by atoms with E-state index in [9.17, 15) is 13.2 Å². The Labute approximate surface area is 99.7 Å². The van der Waals surface area contributed by atoms with Crippen LogP contribution in [0.2, 0.25) is 0 Å². The third-order valence-corrected chi connectivity index (χ3v) is 3.49. The third kappa shape index (κ3) is 2.88. The number of hydrogen-bond donors (Lipinski definition) is 2. The van der Waals surface area contributed by atoms with E-state index in [1.807, 2.05) is 0 Å². The molecule has 1 aromatic carbocycles. The quantitative estimate of drug-likeness (QED) is 0.776. The van der Waals surface area contributed by atoms with Crippen LogP contribution < -0.4 is 10.0 Å². The van der Waals surface area contributed by atoms with Gasteiger partial charge in [-0.05, 0) is 25.1 Å². The molecular formula is C10H14N2O4S. The molecule has 0 amide bonds. The molecule has 0 aliphatic heterocycles. The van der Waals surface area contributed by atoms with Crippen molar-refractivity contribution in [3.8, 4) is 0 Å². The number of nitrogens with zero attached hydrogens (tertiary/aromatic N) is 1. The molecule has 0 aliphatic carbocycles. The van der Waals surface area contributed by atoms with E-state index in [0.29, 0.717) is 5.69 Å². The number of sulfonamides is 1. The number of nitrogens with two attached hydrogens (primary N) is 1.